The monoisotopic (exact) mass is 337 g/mol. The molecular formula is C19H16ClN3O. The van der Waals surface area contributed by atoms with Gasteiger partial charge in [-0.05, 0) is 47.9 Å². The summed E-state index contributed by atoms with van der Waals surface area (Å²) in [6.07, 6.45) is 0.845. The summed E-state index contributed by atoms with van der Waals surface area (Å²) in [5.74, 6) is 0.876. The van der Waals surface area contributed by atoms with Crippen molar-refractivity contribution in [2.24, 2.45) is 7.05 Å². The molecule has 0 bridgehead atoms. The van der Waals surface area contributed by atoms with Gasteiger partial charge in [-0.15, -0.1) is 0 Å². The molecule has 0 saturated heterocycles. The molecule has 0 aliphatic carbocycles. The van der Waals surface area contributed by atoms with Gasteiger partial charge in [-0.2, -0.15) is 5.10 Å². The largest absolute Gasteiger partial charge is 0.497 e. The Morgan fingerprint density at radius 3 is 2.75 bits per heavy atom. The molecule has 0 spiro atoms. The minimum absolute atomic E-state index is 0.440. The Morgan fingerprint density at radius 2 is 1.92 bits per heavy atom. The van der Waals surface area contributed by atoms with Crippen molar-refractivity contribution in [1.82, 2.24) is 14.8 Å². The van der Waals surface area contributed by atoms with Crippen molar-refractivity contribution >= 4 is 33.5 Å². The van der Waals surface area contributed by atoms with Gasteiger partial charge in [0.05, 0.1) is 18.1 Å². The summed E-state index contributed by atoms with van der Waals surface area (Å²) in [5, 5.41) is 5.75. The fourth-order valence-electron chi connectivity index (χ4n) is 2.97. The highest BCUT2D eigenvalue weighted by Crippen LogP contribution is 2.26. The van der Waals surface area contributed by atoms with Gasteiger partial charge >= 0.3 is 0 Å². The maximum atomic E-state index is 6.14. The van der Waals surface area contributed by atoms with Gasteiger partial charge in [-0.1, -0.05) is 29.8 Å². The molecule has 0 aliphatic rings. The molecule has 4 nitrogen and oxygen atoms in total. The molecule has 0 saturated carbocycles. The van der Waals surface area contributed by atoms with Crippen molar-refractivity contribution < 1.29 is 4.74 Å². The molecule has 0 fully saturated rings. The number of aromatic nitrogens is 3. The molecule has 0 radical (unpaired) electrons. The third-order valence-corrected chi connectivity index (χ3v) is 4.44. The van der Waals surface area contributed by atoms with Gasteiger partial charge in [0.15, 0.2) is 5.15 Å². The second-order valence-corrected chi connectivity index (χ2v) is 6.18. The van der Waals surface area contributed by atoms with Crippen molar-refractivity contribution in [3.63, 3.8) is 0 Å². The molecule has 2 aromatic carbocycles. The number of hydrogen-bond donors (Lipinski definition) is 0. The molecule has 0 aliphatic heterocycles. The first-order valence-corrected chi connectivity index (χ1v) is 8.06. The summed E-state index contributed by atoms with van der Waals surface area (Å²) in [5.41, 5.74) is 5.04. The van der Waals surface area contributed by atoms with E-state index in [1.807, 2.05) is 25.2 Å². The summed E-state index contributed by atoms with van der Waals surface area (Å²) >= 11 is 6.14. The van der Waals surface area contributed by atoms with E-state index in [9.17, 15) is 0 Å². The lowest BCUT2D eigenvalue weighted by Crippen LogP contribution is -1.92. The Morgan fingerprint density at radius 1 is 1.08 bits per heavy atom. The second kappa shape index (κ2) is 5.80. The van der Waals surface area contributed by atoms with Gasteiger partial charge < -0.3 is 4.74 Å². The molecule has 4 rings (SSSR count). The Balaban J connectivity index is 1.76. The van der Waals surface area contributed by atoms with Crippen LogP contribution in [0.15, 0.2) is 48.5 Å². The Bertz CT molecular complexity index is 1060. The first-order valence-electron chi connectivity index (χ1n) is 7.69. The van der Waals surface area contributed by atoms with Crippen LogP contribution in [0, 0.1) is 0 Å². The summed E-state index contributed by atoms with van der Waals surface area (Å²) < 4.78 is 7.06. The zero-order valence-corrected chi connectivity index (χ0v) is 14.2. The van der Waals surface area contributed by atoms with Crippen molar-refractivity contribution in [2.45, 2.75) is 6.42 Å². The van der Waals surface area contributed by atoms with Crippen LogP contribution in [-0.4, -0.2) is 21.9 Å². The average Bonchev–Trinajstić information content (AvgIpc) is 2.87. The highest BCUT2D eigenvalue weighted by atomic mass is 35.5. The number of fused-ring (bicyclic) bond motifs is 2. The number of halogens is 1. The van der Waals surface area contributed by atoms with Gasteiger partial charge in [0.25, 0.3) is 0 Å². The van der Waals surface area contributed by atoms with E-state index in [4.69, 9.17) is 16.3 Å². The van der Waals surface area contributed by atoms with E-state index in [2.05, 4.69) is 40.4 Å². The lowest BCUT2D eigenvalue weighted by atomic mass is 10.0. The number of methoxy groups -OCH3 is 1. The molecule has 4 aromatic rings. The Hall–Kier alpha value is -2.59. The van der Waals surface area contributed by atoms with Gasteiger partial charge in [-0.25, -0.2) is 4.98 Å². The zero-order valence-electron chi connectivity index (χ0n) is 13.5. The first-order chi connectivity index (χ1) is 11.6. The van der Waals surface area contributed by atoms with Crippen LogP contribution >= 0.6 is 11.6 Å². The molecule has 120 valence electrons. The molecule has 0 atom stereocenters. The fourth-order valence-corrected chi connectivity index (χ4v) is 3.23. The average molecular weight is 338 g/mol. The van der Waals surface area contributed by atoms with E-state index in [0.29, 0.717) is 5.15 Å². The summed E-state index contributed by atoms with van der Waals surface area (Å²) in [7, 11) is 3.56. The number of hydrogen-bond acceptors (Lipinski definition) is 3. The lowest BCUT2D eigenvalue weighted by Gasteiger charge is -2.06. The van der Waals surface area contributed by atoms with Gasteiger partial charge in [0, 0.05) is 12.4 Å². The molecule has 2 aromatic heterocycles. The maximum Gasteiger partial charge on any atom is 0.177 e. The van der Waals surface area contributed by atoms with Crippen molar-refractivity contribution in [2.75, 3.05) is 7.11 Å². The highest BCUT2D eigenvalue weighted by molar-refractivity contribution is 6.34. The van der Waals surface area contributed by atoms with Crippen LogP contribution < -0.4 is 4.74 Å². The SMILES string of the molecule is COc1cccc(Cc2ccc3nc4c(Cl)nn(C)c4cc3c2)c1. The standard InChI is InChI=1S/C19H16ClN3O/c1-23-17-11-14-9-13(8-12-4-3-5-15(10-12)24-2)6-7-16(14)21-18(17)19(20)22-23/h3-7,9-11H,8H2,1-2H3. The summed E-state index contributed by atoms with van der Waals surface area (Å²) in [6.45, 7) is 0. The van der Waals surface area contributed by atoms with Crippen LogP contribution in [0.3, 0.4) is 0 Å². The number of ether oxygens (including phenoxy) is 1. The van der Waals surface area contributed by atoms with E-state index < -0.39 is 0 Å². The number of pyridine rings is 1. The van der Waals surface area contributed by atoms with Gasteiger partial charge in [0.2, 0.25) is 0 Å². The minimum atomic E-state index is 0.440. The number of benzene rings is 2. The second-order valence-electron chi connectivity index (χ2n) is 5.83. The van der Waals surface area contributed by atoms with Crippen LogP contribution in [0.1, 0.15) is 11.1 Å². The van der Waals surface area contributed by atoms with Crippen LogP contribution in [0.5, 0.6) is 5.75 Å². The molecule has 0 unspecified atom stereocenters. The highest BCUT2D eigenvalue weighted by Gasteiger charge is 2.10. The quantitative estimate of drug-likeness (QED) is 0.557. The molecule has 2 heterocycles. The van der Waals surface area contributed by atoms with Crippen LogP contribution in [-0.2, 0) is 13.5 Å². The van der Waals surface area contributed by atoms with Crippen LogP contribution in [0.25, 0.3) is 21.9 Å². The van der Waals surface area contributed by atoms with Crippen LogP contribution in [0.4, 0.5) is 0 Å². The van der Waals surface area contributed by atoms with E-state index in [-0.39, 0.29) is 0 Å². The van der Waals surface area contributed by atoms with Crippen molar-refractivity contribution in [1.29, 1.82) is 0 Å². The van der Waals surface area contributed by atoms with E-state index in [0.717, 1.165) is 34.1 Å². The first kappa shape index (κ1) is 15.0. The Labute approximate surface area is 144 Å². The normalized spacial score (nSPS) is 11.3. The van der Waals surface area contributed by atoms with Gasteiger partial charge in [0.1, 0.15) is 11.3 Å². The predicted octanol–water partition coefficient (Wildman–Crippen LogP) is 4.37. The third-order valence-electron chi connectivity index (χ3n) is 4.18. The van der Waals surface area contributed by atoms with Crippen molar-refractivity contribution in [3.05, 3.63) is 64.8 Å². The van der Waals surface area contributed by atoms with E-state index in [1.165, 1.54) is 11.1 Å². The fraction of sp³-hybridized carbons (Fsp3) is 0.158. The number of nitrogens with zero attached hydrogens (tertiary/aromatic N) is 3. The molecule has 5 heteroatoms. The zero-order chi connectivity index (χ0) is 16.7. The lowest BCUT2D eigenvalue weighted by molar-refractivity contribution is 0.414. The smallest absolute Gasteiger partial charge is 0.177 e. The number of aryl methyl sites for hydroxylation is 1. The number of rotatable bonds is 3. The molecular weight excluding hydrogens is 322 g/mol. The third kappa shape index (κ3) is 2.59. The summed E-state index contributed by atoms with van der Waals surface area (Å²) in [6, 6.07) is 16.5. The predicted molar refractivity (Wildman–Crippen MR) is 96.8 cm³/mol. The topological polar surface area (TPSA) is 39.9 Å². The van der Waals surface area contributed by atoms with E-state index in [1.54, 1.807) is 11.8 Å². The van der Waals surface area contributed by atoms with Gasteiger partial charge in [-0.3, -0.25) is 4.68 Å². The molecule has 0 amide bonds. The Kier molecular flexibility index (Phi) is 3.62. The maximum absolute atomic E-state index is 6.14. The minimum Gasteiger partial charge on any atom is -0.497 e. The molecule has 0 N–H and O–H groups in total. The van der Waals surface area contributed by atoms with E-state index >= 15 is 0 Å². The van der Waals surface area contributed by atoms with Crippen molar-refractivity contribution in [3.8, 4) is 5.75 Å². The molecule has 24 heavy (non-hydrogen) atoms. The summed E-state index contributed by atoms with van der Waals surface area (Å²) in [4.78, 5) is 4.64. The van der Waals surface area contributed by atoms with Crippen LogP contribution in [0.2, 0.25) is 5.15 Å².